The lowest BCUT2D eigenvalue weighted by Crippen LogP contribution is -2.40. The van der Waals surface area contributed by atoms with Crippen molar-refractivity contribution in [2.45, 2.75) is 63.8 Å². The predicted molar refractivity (Wildman–Crippen MR) is 156 cm³/mol. The van der Waals surface area contributed by atoms with Gasteiger partial charge in [0.2, 0.25) is 5.91 Å². The first-order chi connectivity index (χ1) is 19.5. The Labute approximate surface area is 235 Å². The topological polar surface area (TPSA) is 105 Å². The summed E-state index contributed by atoms with van der Waals surface area (Å²) in [7, 11) is 3.79. The molecule has 0 spiro atoms. The van der Waals surface area contributed by atoms with Gasteiger partial charge in [-0.1, -0.05) is 61.7 Å². The summed E-state index contributed by atoms with van der Waals surface area (Å²) in [4.78, 5) is 19.9. The highest BCUT2D eigenvalue weighted by Gasteiger charge is 2.24. The van der Waals surface area contributed by atoms with E-state index in [4.69, 9.17) is 14.8 Å². The van der Waals surface area contributed by atoms with Crippen molar-refractivity contribution in [3.8, 4) is 5.75 Å². The van der Waals surface area contributed by atoms with Gasteiger partial charge in [-0.05, 0) is 42.2 Å². The molecule has 2 aromatic carbocycles. The van der Waals surface area contributed by atoms with Gasteiger partial charge in [0.25, 0.3) is 0 Å². The second-order valence-electron chi connectivity index (χ2n) is 10.4. The number of carbonyl (C=O) groups excluding carboxylic acids is 1. The molecule has 0 saturated heterocycles. The minimum atomic E-state index is -0.991. The summed E-state index contributed by atoms with van der Waals surface area (Å²) in [5.41, 5.74) is 8.94. The minimum Gasteiger partial charge on any atom is -0.497 e. The zero-order valence-electron chi connectivity index (χ0n) is 23.2. The number of aryl methyl sites for hydroxylation is 1. The summed E-state index contributed by atoms with van der Waals surface area (Å²) in [6.45, 7) is 0.591. The first-order valence-corrected chi connectivity index (χ1v) is 14.0. The summed E-state index contributed by atoms with van der Waals surface area (Å²) >= 11 is 0. The fraction of sp³-hybridized carbons (Fsp3) is 0.387. The van der Waals surface area contributed by atoms with Crippen LogP contribution in [-0.2, 0) is 17.8 Å². The third kappa shape index (κ3) is 6.43. The second kappa shape index (κ2) is 12.9. The third-order valence-electron chi connectivity index (χ3n) is 7.72. The molecule has 2 aromatic heterocycles. The van der Waals surface area contributed by atoms with E-state index >= 15 is 0 Å². The Hall–Kier alpha value is -3.95. The summed E-state index contributed by atoms with van der Waals surface area (Å²) < 4.78 is 7.31. The van der Waals surface area contributed by atoms with Crippen LogP contribution in [0.2, 0.25) is 0 Å². The molecule has 0 bridgehead atoms. The number of nitrogens with one attached hydrogen (secondary N) is 2. The molecule has 1 aliphatic rings. The van der Waals surface area contributed by atoms with Crippen LogP contribution in [0.5, 0.6) is 5.75 Å². The fourth-order valence-electron chi connectivity index (χ4n) is 5.45. The number of amides is 1. The maximum atomic E-state index is 12.8. The van der Waals surface area contributed by atoms with Crippen LogP contribution in [0.25, 0.3) is 10.9 Å². The van der Waals surface area contributed by atoms with Crippen LogP contribution in [0.1, 0.15) is 61.6 Å². The van der Waals surface area contributed by atoms with Crippen LogP contribution in [0, 0.1) is 0 Å². The number of hydrogen-bond acceptors (Lipinski definition) is 7. The van der Waals surface area contributed by atoms with Gasteiger partial charge < -0.3 is 14.7 Å². The normalized spacial score (nSPS) is 14.7. The average molecular weight is 543 g/mol. The van der Waals surface area contributed by atoms with E-state index in [-0.39, 0.29) is 12.3 Å². The van der Waals surface area contributed by atoms with Crippen LogP contribution in [0.4, 0.5) is 5.82 Å². The molecule has 4 aromatic rings. The Morgan fingerprint density at radius 2 is 1.85 bits per heavy atom. The fourth-order valence-corrected chi connectivity index (χ4v) is 5.45. The summed E-state index contributed by atoms with van der Waals surface area (Å²) in [6.07, 6.45) is 7.58. The number of pyridine rings is 1. The van der Waals surface area contributed by atoms with Gasteiger partial charge in [-0.2, -0.15) is 5.10 Å². The number of aromatic nitrogens is 3. The van der Waals surface area contributed by atoms with Crippen LogP contribution in [-0.4, -0.2) is 46.0 Å². The van der Waals surface area contributed by atoms with Crippen molar-refractivity contribution in [1.82, 2.24) is 25.6 Å². The number of aliphatic hydroxyl groups excluding tert-OH is 1. The monoisotopic (exact) mass is 542 g/mol. The lowest BCUT2D eigenvalue weighted by Gasteiger charge is -2.32. The van der Waals surface area contributed by atoms with Crippen LogP contribution in [0.3, 0.4) is 0 Å². The zero-order valence-corrected chi connectivity index (χ0v) is 23.2. The molecule has 40 heavy (non-hydrogen) atoms. The highest BCUT2D eigenvalue weighted by atomic mass is 16.5. The Morgan fingerprint density at radius 1 is 1.10 bits per heavy atom. The van der Waals surface area contributed by atoms with E-state index in [2.05, 4.69) is 22.8 Å². The first kappa shape index (κ1) is 27.6. The van der Waals surface area contributed by atoms with E-state index < -0.39 is 6.23 Å². The average Bonchev–Trinajstić information content (AvgIpc) is 3.37. The van der Waals surface area contributed by atoms with Gasteiger partial charge in [0.1, 0.15) is 17.8 Å². The van der Waals surface area contributed by atoms with E-state index in [1.54, 1.807) is 19.2 Å². The number of methoxy groups -OCH3 is 1. The van der Waals surface area contributed by atoms with Crippen molar-refractivity contribution in [3.63, 3.8) is 0 Å². The van der Waals surface area contributed by atoms with Crippen molar-refractivity contribution in [3.05, 3.63) is 83.7 Å². The molecule has 1 amide bonds. The Morgan fingerprint density at radius 3 is 2.58 bits per heavy atom. The van der Waals surface area contributed by atoms with Gasteiger partial charge >= 0.3 is 0 Å². The molecule has 1 fully saturated rings. The molecule has 0 radical (unpaired) electrons. The maximum absolute atomic E-state index is 12.8. The first-order valence-electron chi connectivity index (χ1n) is 14.0. The van der Waals surface area contributed by atoms with Gasteiger partial charge in [0.15, 0.2) is 0 Å². The van der Waals surface area contributed by atoms with Gasteiger partial charge in [0.05, 0.1) is 30.3 Å². The Bertz CT molecular complexity index is 1400. The molecule has 2 heterocycles. The summed E-state index contributed by atoms with van der Waals surface area (Å²) in [5.74, 6) is 1.50. The summed E-state index contributed by atoms with van der Waals surface area (Å²) in [6, 6.07) is 19.6. The molecular weight excluding hydrogens is 504 g/mol. The number of anilines is 1. The summed E-state index contributed by atoms with van der Waals surface area (Å²) in [5, 5.41) is 16.3. The van der Waals surface area contributed by atoms with Gasteiger partial charge in [-0.25, -0.2) is 10.4 Å². The van der Waals surface area contributed by atoms with E-state index in [9.17, 15) is 9.90 Å². The molecule has 9 heteroatoms. The number of aliphatic hydroxyl groups is 1. The molecule has 9 nitrogen and oxygen atoms in total. The molecule has 0 aliphatic heterocycles. The van der Waals surface area contributed by atoms with E-state index in [1.807, 2.05) is 59.4 Å². The third-order valence-corrected chi connectivity index (χ3v) is 7.72. The van der Waals surface area contributed by atoms with Crippen LogP contribution < -0.4 is 20.5 Å². The lowest BCUT2D eigenvalue weighted by molar-refractivity contribution is -0.123. The van der Waals surface area contributed by atoms with Crippen molar-refractivity contribution >= 4 is 22.6 Å². The Balaban J connectivity index is 1.37. The highest BCUT2D eigenvalue weighted by Crippen LogP contribution is 2.33. The van der Waals surface area contributed by atoms with Crippen LogP contribution >= 0.6 is 0 Å². The lowest BCUT2D eigenvalue weighted by atomic mass is 9.94. The maximum Gasteiger partial charge on any atom is 0.234 e. The number of carbonyl (C=O) groups is 1. The molecular formula is C31H38N6O3. The van der Waals surface area contributed by atoms with E-state index in [1.165, 1.54) is 19.3 Å². The number of ether oxygens (including phenoxy) is 1. The number of hydrogen-bond donors (Lipinski definition) is 3. The number of benzene rings is 2. The molecule has 1 saturated carbocycles. The SMILES string of the molecule is COc1ccc(Cn2nc(CCC(=O)NNC(O)c3ccccc3)c3c(N(C)C4CCCCC4)nccc32)cc1. The molecule has 210 valence electrons. The number of fused-ring (bicyclic) bond motifs is 1. The Kier molecular flexibility index (Phi) is 8.93. The minimum absolute atomic E-state index is 0.213. The van der Waals surface area contributed by atoms with E-state index in [0.717, 1.165) is 46.6 Å². The largest absolute Gasteiger partial charge is 0.497 e. The van der Waals surface area contributed by atoms with Crippen molar-refractivity contribution in [2.75, 3.05) is 19.1 Å². The predicted octanol–water partition coefficient (Wildman–Crippen LogP) is 4.50. The highest BCUT2D eigenvalue weighted by molar-refractivity contribution is 5.93. The second-order valence-corrected chi connectivity index (χ2v) is 10.4. The standard InChI is InChI=1S/C31H38N6O3/c1-36(24-11-7-4-8-12-24)30-29-26(17-18-28(38)33-34-31(39)23-9-5-3-6-10-23)35-37(27(29)19-20-32-30)21-22-13-15-25(40-2)16-14-22/h3,5-6,9-10,13-16,19-20,24,31,34,39H,4,7-8,11-12,17-18,21H2,1-2H3,(H,33,38). The van der Waals surface area contributed by atoms with Crippen LogP contribution in [0.15, 0.2) is 66.9 Å². The number of hydrazine groups is 1. The number of nitrogens with zero attached hydrogens (tertiary/aromatic N) is 4. The zero-order chi connectivity index (χ0) is 27.9. The molecule has 5 rings (SSSR count). The van der Waals surface area contributed by atoms with Gasteiger partial charge in [-0.3, -0.25) is 14.9 Å². The smallest absolute Gasteiger partial charge is 0.234 e. The van der Waals surface area contributed by atoms with Gasteiger partial charge in [0, 0.05) is 32.1 Å². The quantitative estimate of drug-likeness (QED) is 0.189. The number of rotatable bonds is 11. The van der Waals surface area contributed by atoms with Crippen molar-refractivity contribution < 1.29 is 14.6 Å². The van der Waals surface area contributed by atoms with Gasteiger partial charge in [-0.15, -0.1) is 0 Å². The van der Waals surface area contributed by atoms with E-state index in [0.29, 0.717) is 24.6 Å². The molecule has 1 unspecified atom stereocenters. The molecule has 1 atom stereocenters. The molecule has 3 N–H and O–H groups in total. The molecule has 1 aliphatic carbocycles. The van der Waals surface area contributed by atoms with Crippen molar-refractivity contribution in [2.24, 2.45) is 0 Å². The van der Waals surface area contributed by atoms with Crippen molar-refractivity contribution in [1.29, 1.82) is 0 Å².